The first-order chi connectivity index (χ1) is 13.7. The maximum Gasteiger partial charge on any atom is 0.226 e. The van der Waals surface area contributed by atoms with Crippen molar-refractivity contribution in [2.24, 2.45) is 0 Å². The van der Waals surface area contributed by atoms with Gasteiger partial charge in [0, 0.05) is 18.3 Å². The molecule has 1 saturated heterocycles. The Hall–Kier alpha value is -3.35. The number of aromatic nitrogens is 3. The lowest BCUT2D eigenvalue weighted by Gasteiger charge is -2.25. The summed E-state index contributed by atoms with van der Waals surface area (Å²) in [7, 11) is 0. The van der Waals surface area contributed by atoms with Crippen LogP contribution in [0.25, 0.3) is 11.1 Å². The lowest BCUT2D eigenvalue weighted by Crippen LogP contribution is -2.32. The maximum atomic E-state index is 12.8. The van der Waals surface area contributed by atoms with Gasteiger partial charge < -0.3 is 15.4 Å². The Bertz CT molecular complexity index is 941. The normalized spacial score (nSPS) is 16.3. The molecule has 7 heteroatoms. The first-order valence-electron chi connectivity index (χ1n) is 9.45. The quantitative estimate of drug-likeness (QED) is 0.688. The summed E-state index contributed by atoms with van der Waals surface area (Å²) >= 11 is 0. The van der Waals surface area contributed by atoms with E-state index in [0.717, 1.165) is 42.0 Å². The molecule has 0 spiro atoms. The summed E-state index contributed by atoms with van der Waals surface area (Å²) in [4.78, 5) is 18.8. The predicted octanol–water partition coefficient (Wildman–Crippen LogP) is 3.19. The average Bonchev–Trinajstić information content (AvgIpc) is 3.38. The second kappa shape index (κ2) is 8.12. The van der Waals surface area contributed by atoms with Crippen molar-refractivity contribution in [3.8, 4) is 16.9 Å². The van der Waals surface area contributed by atoms with Gasteiger partial charge in [-0.3, -0.25) is 9.89 Å². The summed E-state index contributed by atoms with van der Waals surface area (Å²) in [5.41, 5.74) is 8.68. The highest BCUT2D eigenvalue weighted by molar-refractivity contribution is 5.78. The molecule has 0 unspecified atom stereocenters. The molecule has 144 valence electrons. The number of ether oxygens (including phenoxy) is 1. The van der Waals surface area contributed by atoms with Crippen molar-refractivity contribution in [2.75, 3.05) is 18.9 Å². The largest absolute Gasteiger partial charge is 0.493 e. The number of hydrogen-bond donors (Lipinski definition) is 2. The van der Waals surface area contributed by atoms with Crippen molar-refractivity contribution in [3.63, 3.8) is 0 Å². The molecule has 1 aromatic carbocycles. The van der Waals surface area contributed by atoms with Crippen LogP contribution in [0.2, 0.25) is 0 Å². The van der Waals surface area contributed by atoms with Crippen molar-refractivity contribution in [3.05, 3.63) is 60.6 Å². The summed E-state index contributed by atoms with van der Waals surface area (Å²) in [6, 6.07) is 13.3. The Morgan fingerprint density at radius 1 is 1.29 bits per heavy atom. The van der Waals surface area contributed by atoms with Crippen LogP contribution >= 0.6 is 0 Å². The van der Waals surface area contributed by atoms with E-state index < -0.39 is 0 Å². The van der Waals surface area contributed by atoms with Crippen LogP contribution in [0.5, 0.6) is 5.75 Å². The number of benzene rings is 1. The molecule has 1 fully saturated rings. The van der Waals surface area contributed by atoms with Gasteiger partial charge in [0.15, 0.2) is 0 Å². The molecule has 3 aromatic rings. The van der Waals surface area contributed by atoms with Gasteiger partial charge in [-0.1, -0.05) is 18.2 Å². The first-order valence-corrected chi connectivity index (χ1v) is 9.45. The molecular formula is C21H23N5O2. The molecule has 7 nitrogen and oxygen atoms in total. The third-order valence-corrected chi connectivity index (χ3v) is 5.00. The Balaban J connectivity index is 1.45. The zero-order valence-corrected chi connectivity index (χ0v) is 15.5. The van der Waals surface area contributed by atoms with E-state index >= 15 is 0 Å². The third-order valence-electron chi connectivity index (χ3n) is 5.00. The fourth-order valence-electron chi connectivity index (χ4n) is 3.68. The standard InChI is InChI=1S/C21H23N5O2/c22-19-13-15(8-10-23-19)17-14-24-25-21(17)18-7-4-11-26(18)20(27)9-12-28-16-5-2-1-3-6-16/h1-3,5-6,8,10,13-14,18H,4,7,9,11-12H2,(H2,22,23)(H,24,25)/t18-/m1/s1. The van der Waals surface area contributed by atoms with Gasteiger partial charge in [-0.15, -0.1) is 0 Å². The number of carbonyl (C=O) groups excluding carboxylic acids is 1. The second-order valence-electron chi connectivity index (χ2n) is 6.82. The number of likely N-dealkylation sites (tertiary alicyclic amines) is 1. The van der Waals surface area contributed by atoms with E-state index in [1.54, 1.807) is 12.4 Å². The van der Waals surface area contributed by atoms with Gasteiger partial charge >= 0.3 is 0 Å². The number of anilines is 1. The summed E-state index contributed by atoms with van der Waals surface area (Å²) < 4.78 is 5.68. The lowest BCUT2D eigenvalue weighted by molar-refractivity contribution is -0.132. The SMILES string of the molecule is Nc1cc(-c2cn[nH]c2[C@H]2CCCN2C(=O)CCOc2ccccc2)ccn1. The van der Waals surface area contributed by atoms with E-state index in [9.17, 15) is 4.79 Å². The molecule has 0 radical (unpaired) electrons. The topological polar surface area (TPSA) is 97.1 Å². The van der Waals surface area contributed by atoms with Gasteiger partial charge in [-0.2, -0.15) is 5.10 Å². The van der Waals surface area contributed by atoms with E-state index in [2.05, 4.69) is 15.2 Å². The van der Waals surface area contributed by atoms with Crippen molar-refractivity contribution < 1.29 is 9.53 Å². The molecule has 0 saturated carbocycles. The molecule has 0 bridgehead atoms. The number of amides is 1. The highest BCUT2D eigenvalue weighted by Gasteiger charge is 2.32. The fraction of sp³-hybridized carbons (Fsp3) is 0.286. The number of nitrogens with zero attached hydrogens (tertiary/aromatic N) is 3. The highest BCUT2D eigenvalue weighted by atomic mass is 16.5. The molecule has 0 aliphatic carbocycles. The molecule has 1 amide bonds. The number of para-hydroxylation sites is 1. The van der Waals surface area contributed by atoms with Gasteiger partial charge in [0.25, 0.3) is 0 Å². The smallest absolute Gasteiger partial charge is 0.226 e. The summed E-state index contributed by atoms with van der Waals surface area (Å²) in [6.07, 6.45) is 5.68. The average molecular weight is 377 g/mol. The van der Waals surface area contributed by atoms with Crippen LogP contribution < -0.4 is 10.5 Å². The maximum absolute atomic E-state index is 12.8. The van der Waals surface area contributed by atoms with E-state index in [1.165, 1.54) is 0 Å². The van der Waals surface area contributed by atoms with Crippen LogP contribution in [0.1, 0.15) is 31.0 Å². The van der Waals surface area contributed by atoms with Gasteiger partial charge in [0.2, 0.25) is 5.91 Å². The van der Waals surface area contributed by atoms with Gasteiger partial charge in [-0.25, -0.2) is 4.98 Å². The highest BCUT2D eigenvalue weighted by Crippen LogP contribution is 2.36. The number of hydrogen-bond acceptors (Lipinski definition) is 5. The molecule has 28 heavy (non-hydrogen) atoms. The molecule has 1 aliphatic rings. The van der Waals surface area contributed by atoms with Crippen molar-refractivity contribution in [1.82, 2.24) is 20.1 Å². The number of H-pyrrole nitrogens is 1. The lowest BCUT2D eigenvalue weighted by atomic mass is 10.0. The van der Waals surface area contributed by atoms with Crippen LogP contribution in [0.15, 0.2) is 54.9 Å². The van der Waals surface area contributed by atoms with E-state index in [-0.39, 0.29) is 11.9 Å². The van der Waals surface area contributed by atoms with Gasteiger partial charge in [0.1, 0.15) is 11.6 Å². The van der Waals surface area contributed by atoms with Crippen molar-refractivity contribution >= 4 is 11.7 Å². The van der Waals surface area contributed by atoms with Crippen molar-refractivity contribution in [1.29, 1.82) is 0 Å². The fourth-order valence-corrected chi connectivity index (χ4v) is 3.68. The zero-order chi connectivity index (χ0) is 19.3. The molecule has 4 rings (SSSR count). The predicted molar refractivity (Wildman–Crippen MR) is 106 cm³/mol. The van der Waals surface area contributed by atoms with Gasteiger partial charge in [-0.05, 0) is 42.7 Å². The van der Waals surface area contributed by atoms with E-state index in [4.69, 9.17) is 10.5 Å². The summed E-state index contributed by atoms with van der Waals surface area (Å²) in [5.74, 6) is 1.33. The number of nitrogens with one attached hydrogen (secondary N) is 1. The molecular weight excluding hydrogens is 354 g/mol. The Kier molecular flexibility index (Phi) is 5.23. The monoisotopic (exact) mass is 377 g/mol. The Labute approximate surface area is 163 Å². The third kappa shape index (κ3) is 3.83. The number of pyridine rings is 1. The minimum absolute atomic E-state index is 0.0175. The van der Waals surface area contributed by atoms with Crippen LogP contribution in [0.3, 0.4) is 0 Å². The summed E-state index contributed by atoms with van der Waals surface area (Å²) in [6.45, 7) is 1.11. The Morgan fingerprint density at radius 3 is 2.96 bits per heavy atom. The minimum Gasteiger partial charge on any atom is -0.493 e. The van der Waals surface area contributed by atoms with Crippen LogP contribution in [0.4, 0.5) is 5.82 Å². The van der Waals surface area contributed by atoms with Crippen LogP contribution in [0, 0.1) is 0 Å². The number of aromatic amines is 1. The Morgan fingerprint density at radius 2 is 2.14 bits per heavy atom. The molecule has 1 aliphatic heterocycles. The number of rotatable bonds is 6. The number of nitrogen functional groups attached to an aromatic ring is 1. The minimum atomic E-state index is -0.0175. The van der Waals surface area contributed by atoms with Gasteiger partial charge in [0.05, 0.1) is 31.0 Å². The van der Waals surface area contributed by atoms with Crippen molar-refractivity contribution in [2.45, 2.75) is 25.3 Å². The molecule has 3 N–H and O–H groups in total. The molecule has 3 heterocycles. The zero-order valence-electron chi connectivity index (χ0n) is 15.5. The first kappa shape index (κ1) is 18.0. The van der Waals surface area contributed by atoms with E-state index in [1.807, 2.05) is 47.4 Å². The van der Waals surface area contributed by atoms with Crippen LogP contribution in [-0.4, -0.2) is 39.1 Å². The molecule has 2 aromatic heterocycles. The summed E-state index contributed by atoms with van der Waals surface area (Å²) in [5, 5.41) is 7.32. The van der Waals surface area contributed by atoms with Crippen LogP contribution in [-0.2, 0) is 4.79 Å². The van der Waals surface area contributed by atoms with E-state index in [0.29, 0.717) is 18.8 Å². The second-order valence-corrected chi connectivity index (χ2v) is 6.82. The number of nitrogens with two attached hydrogens (primary N) is 1. The number of carbonyl (C=O) groups is 1. The molecule has 1 atom stereocenters.